The van der Waals surface area contributed by atoms with Crippen LogP contribution in [0.1, 0.15) is 23.9 Å². The number of imidazole rings is 1. The average molecular weight is 259 g/mol. The Bertz CT molecular complexity index is 590. The van der Waals surface area contributed by atoms with Gasteiger partial charge in [-0.15, -0.1) is 0 Å². The second-order valence-electron chi connectivity index (χ2n) is 5.52. The van der Waals surface area contributed by atoms with Crippen molar-refractivity contribution in [3.8, 4) is 0 Å². The Hall–Kier alpha value is -1.39. The molecule has 102 valence electrons. The van der Waals surface area contributed by atoms with Crippen LogP contribution in [0.3, 0.4) is 0 Å². The lowest BCUT2D eigenvalue weighted by atomic mass is 9.93. The van der Waals surface area contributed by atoms with Gasteiger partial charge in [0.2, 0.25) is 0 Å². The lowest BCUT2D eigenvalue weighted by Gasteiger charge is -2.33. The number of nitrogens with one attached hydrogen (secondary N) is 1. The van der Waals surface area contributed by atoms with E-state index in [9.17, 15) is 5.11 Å². The molecule has 1 aliphatic heterocycles. The molecular formula is C15H21N3O. The molecule has 2 N–H and O–H groups in total. The Morgan fingerprint density at radius 2 is 2.26 bits per heavy atom. The van der Waals surface area contributed by atoms with Crippen LogP contribution < -0.4 is 5.32 Å². The topological polar surface area (TPSA) is 50.1 Å². The van der Waals surface area contributed by atoms with Crippen molar-refractivity contribution in [2.24, 2.45) is 5.92 Å². The molecule has 0 saturated carbocycles. The maximum Gasteiger partial charge on any atom is 0.106 e. The molecule has 2 atom stereocenters. The quantitative estimate of drug-likeness (QED) is 0.864. The number of fused-ring (bicyclic) bond motifs is 1. The number of hydrogen-bond acceptors (Lipinski definition) is 3. The highest BCUT2D eigenvalue weighted by atomic mass is 16.3. The molecule has 2 aromatic rings. The molecule has 1 aromatic carbocycles. The highest BCUT2D eigenvalue weighted by molar-refractivity contribution is 5.77. The monoisotopic (exact) mass is 259 g/mol. The fourth-order valence-corrected chi connectivity index (χ4v) is 3.18. The molecular weight excluding hydrogens is 238 g/mol. The van der Waals surface area contributed by atoms with Crippen LogP contribution in [0.15, 0.2) is 18.2 Å². The summed E-state index contributed by atoms with van der Waals surface area (Å²) in [5, 5.41) is 13.0. The zero-order valence-electron chi connectivity index (χ0n) is 11.6. The van der Waals surface area contributed by atoms with Gasteiger partial charge in [-0.25, -0.2) is 4.98 Å². The van der Waals surface area contributed by atoms with Crippen LogP contribution in [-0.4, -0.2) is 34.4 Å². The van der Waals surface area contributed by atoms with Gasteiger partial charge < -0.3 is 15.0 Å². The molecule has 0 amide bonds. The maximum absolute atomic E-state index is 9.59. The summed E-state index contributed by atoms with van der Waals surface area (Å²) < 4.78 is 2.32. The summed E-state index contributed by atoms with van der Waals surface area (Å²) in [7, 11) is 0. The number of hydrogen-bond donors (Lipinski definition) is 2. The van der Waals surface area contributed by atoms with Gasteiger partial charge in [0.15, 0.2) is 0 Å². The van der Waals surface area contributed by atoms with E-state index >= 15 is 0 Å². The largest absolute Gasteiger partial charge is 0.396 e. The number of aromatic nitrogens is 2. The summed E-state index contributed by atoms with van der Waals surface area (Å²) in [6, 6.07) is 6.77. The molecule has 0 radical (unpaired) electrons. The van der Waals surface area contributed by atoms with Crippen LogP contribution in [-0.2, 0) is 0 Å². The van der Waals surface area contributed by atoms with Crippen molar-refractivity contribution in [2.45, 2.75) is 26.3 Å². The van der Waals surface area contributed by atoms with Crippen LogP contribution in [0.4, 0.5) is 0 Å². The number of piperidine rings is 1. The molecule has 2 heterocycles. The van der Waals surface area contributed by atoms with Gasteiger partial charge in [0.05, 0.1) is 11.0 Å². The lowest BCUT2D eigenvalue weighted by molar-refractivity contribution is 0.150. The van der Waals surface area contributed by atoms with Crippen molar-refractivity contribution in [3.63, 3.8) is 0 Å². The second-order valence-corrected chi connectivity index (χ2v) is 5.52. The molecule has 19 heavy (non-hydrogen) atoms. The van der Waals surface area contributed by atoms with Gasteiger partial charge in [0.25, 0.3) is 0 Å². The normalized spacial score (nSPS) is 23.9. The smallest absolute Gasteiger partial charge is 0.106 e. The van der Waals surface area contributed by atoms with E-state index in [0.29, 0.717) is 6.04 Å². The first-order chi connectivity index (χ1) is 9.20. The van der Waals surface area contributed by atoms with Crippen molar-refractivity contribution in [1.29, 1.82) is 0 Å². The molecule has 1 saturated heterocycles. The standard InChI is InChI=1S/C15H21N3O/c1-10-3-4-15-13(7-10)17-11(2)18(15)14-5-6-16-8-12(14)9-19/h3-4,7,12,14,16,19H,5-6,8-9H2,1-2H3/t12?,14-/m0/s1. The number of aliphatic hydroxyl groups is 1. The zero-order valence-corrected chi connectivity index (χ0v) is 11.6. The molecule has 0 aliphatic carbocycles. The first-order valence-corrected chi connectivity index (χ1v) is 6.97. The van der Waals surface area contributed by atoms with Gasteiger partial charge in [0.1, 0.15) is 5.82 Å². The summed E-state index contributed by atoms with van der Waals surface area (Å²) in [5.41, 5.74) is 3.49. The molecule has 1 fully saturated rings. The fourth-order valence-electron chi connectivity index (χ4n) is 3.18. The summed E-state index contributed by atoms with van der Waals surface area (Å²) in [5.74, 6) is 1.32. The number of benzene rings is 1. The van der Waals surface area contributed by atoms with Crippen molar-refractivity contribution in [1.82, 2.24) is 14.9 Å². The first-order valence-electron chi connectivity index (χ1n) is 6.97. The van der Waals surface area contributed by atoms with Gasteiger partial charge in [-0.1, -0.05) is 6.07 Å². The minimum absolute atomic E-state index is 0.225. The molecule has 1 aliphatic rings. The van der Waals surface area contributed by atoms with Gasteiger partial charge in [-0.05, 0) is 44.5 Å². The summed E-state index contributed by atoms with van der Waals surface area (Å²) in [6.07, 6.45) is 1.05. The van der Waals surface area contributed by atoms with E-state index in [0.717, 1.165) is 30.9 Å². The van der Waals surface area contributed by atoms with Gasteiger partial charge >= 0.3 is 0 Å². The third kappa shape index (κ3) is 2.15. The minimum Gasteiger partial charge on any atom is -0.396 e. The van der Waals surface area contributed by atoms with Gasteiger partial charge in [-0.2, -0.15) is 0 Å². The van der Waals surface area contributed by atoms with E-state index in [2.05, 4.69) is 46.9 Å². The van der Waals surface area contributed by atoms with Crippen LogP contribution in [0, 0.1) is 19.8 Å². The number of aryl methyl sites for hydroxylation is 2. The van der Waals surface area contributed by atoms with E-state index in [1.165, 1.54) is 11.1 Å². The molecule has 1 aromatic heterocycles. The zero-order chi connectivity index (χ0) is 13.4. The molecule has 0 spiro atoms. The van der Waals surface area contributed by atoms with E-state index in [1.54, 1.807) is 0 Å². The summed E-state index contributed by atoms with van der Waals surface area (Å²) >= 11 is 0. The molecule has 4 heteroatoms. The molecule has 3 rings (SSSR count). The second kappa shape index (κ2) is 4.94. The molecule has 4 nitrogen and oxygen atoms in total. The minimum atomic E-state index is 0.225. The highest BCUT2D eigenvalue weighted by Gasteiger charge is 2.28. The van der Waals surface area contributed by atoms with E-state index in [-0.39, 0.29) is 12.5 Å². The van der Waals surface area contributed by atoms with Crippen LogP contribution in [0.25, 0.3) is 11.0 Å². The Morgan fingerprint density at radius 3 is 3.05 bits per heavy atom. The third-order valence-electron chi connectivity index (χ3n) is 4.16. The summed E-state index contributed by atoms with van der Waals surface area (Å²) in [4.78, 5) is 4.68. The first kappa shape index (κ1) is 12.6. The maximum atomic E-state index is 9.59. The third-order valence-corrected chi connectivity index (χ3v) is 4.16. The van der Waals surface area contributed by atoms with Crippen molar-refractivity contribution in [3.05, 3.63) is 29.6 Å². The SMILES string of the molecule is Cc1ccc2c(c1)nc(C)n2[C@H]1CCNCC1CO. The van der Waals surface area contributed by atoms with Crippen LogP contribution >= 0.6 is 0 Å². The Morgan fingerprint density at radius 1 is 1.42 bits per heavy atom. The number of nitrogens with zero attached hydrogens (tertiary/aromatic N) is 2. The molecule has 0 bridgehead atoms. The van der Waals surface area contributed by atoms with E-state index in [1.807, 2.05) is 0 Å². The van der Waals surface area contributed by atoms with Gasteiger partial charge in [0, 0.05) is 25.1 Å². The highest BCUT2D eigenvalue weighted by Crippen LogP contribution is 2.30. The fraction of sp³-hybridized carbons (Fsp3) is 0.533. The van der Waals surface area contributed by atoms with Crippen LogP contribution in [0.5, 0.6) is 0 Å². The van der Waals surface area contributed by atoms with E-state index in [4.69, 9.17) is 0 Å². The van der Waals surface area contributed by atoms with E-state index < -0.39 is 0 Å². The number of aliphatic hydroxyl groups excluding tert-OH is 1. The Labute approximate surface area is 113 Å². The predicted octanol–water partition coefficient (Wildman–Crippen LogP) is 1.80. The predicted molar refractivity (Wildman–Crippen MR) is 76.3 cm³/mol. The van der Waals surface area contributed by atoms with Crippen molar-refractivity contribution < 1.29 is 5.11 Å². The van der Waals surface area contributed by atoms with Crippen molar-refractivity contribution in [2.75, 3.05) is 19.7 Å². The van der Waals surface area contributed by atoms with Crippen molar-refractivity contribution >= 4 is 11.0 Å². The van der Waals surface area contributed by atoms with Gasteiger partial charge in [-0.3, -0.25) is 0 Å². The average Bonchev–Trinajstić information content (AvgIpc) is 2.73. The lowest BCUT2D eigenvalue weighted by Crippen LogP contribution is -2.39. The summed E-state index contributed by atoms with van der Waals surface area (Å²) in [6.45, 7) is 6.27. The molecule has 1 unspecified atom stereocenters. The van der Waals surface area contributed by atoms with Crippen LogP contribution in [0.2, 0.25) is 0 Å². The Balaban J connectivity index is 2.10. The number of rotatable bonds is 2. The Kier molecular flexibility index (Phi) is 3.29.